The average Bonchev–Trinajstić information content (AvgIpc) is 2.49. The van der Waals surface area contributed by atoms with Crippen LogP contribution in [-0.4, -0.2) is 36.9 Å². The Balaban J connectivity index is 2.89. The first kappa shape index (κ1) is 18.6. The highest BCUT2D eigenvalue weighted by molar-refractivity contribution is 6.19. The average molecular weight is 328 g/mol. The molecule has 0 bridgehead atoms. The molecule has 124 valence electrons. The summed E-state index contributed by atoms with van der Waals surface area (Å²) >= 11 is 5.87. The van der Waals surface area contributed by atoms with Crippen LogP contribution in [0.5, 0.6) is 11.5 Å². The normalized spacial score (nSPS) is 11.2. The third-order valence-corrected chi connectivity index (χ3v) is 3.96. The molecule has 1 aromatic rings. The van der Waals surface area contributed by atoms with Crippen LogP contribution in [0.4, 0.5) is 0 Å². The maximum atomic E-state index is 12.4. The largest absolute Gasteiger partial charge is 0.490 e. The summed E-state index contributed by atoms with van der Waals surface area (Å²) in [7, 11) is 1.79. The van der Waals surface area contributed by atoms with Crippen molar-refractivity contribution in [3.8, 4) is 11.5 Å². The molecule has 4 nitrogen and oxygen atoms in total. The molecule has 0 radical (unpaired) electrons. The van der Waals surface area contributed by atoms with E-state index in [9.17, 15) is 4.79 Å². The molecule has 0 fully saturated rings. The molecule has 0 aliphatic rings. The van der Waals surface area contributed by atoms with Crippen molar-refractivity contribution in [1.82, 2.24) is 4.90 Å². The van der Waals surface area contributed by atoms with Crippen LogP contribution in [0.2, 0.25) is 0 Å². The zero-order valence-electron chi connectivity index (χ0n) is 14.1. The predicted octanol–water partition coefficient (Wildman–Crippen LogP) is 3.71. The molecule has 0 spiro atoms. The van der Waals surface area contributed by atoms with Crippen molar-refractivity contribution in [1.29, 1.82) is 0 Å². The van der Waals surface area contributed by atoms with Gasteiger partial charge in [0.1, 0.15) is 0 Å². The van der Waals surface area contributed by atoms with Gasteiger partial charge in [0.25, 0.3) is 0 Å². The molecule has 1 rings (SSSR count). The van der Waals surface area contributed by atoms with Crippen LogP contribution in [0.1, 0.15) is 33.3 Å². The number of carbonyl (C=O) groups excluding carboxylic acids is 1. The molecule has 1 amide bonds. The van der Waals surface area contributed by atoms with Gasteiger partial charge in [-0.05, 0) is 45.4 Å². The molecule has 5 heteroatoms. The smallest absolute Gasteiger partial charge is 0.229 e. The quantitative estimate of drug-likeness (QED) is 0.683. The van der Waals surface area contributed by atoms with Crippen LogP contribution < -0.4 is 9.47 Å². The molecule has 0 unspecified atom stereocenters. The van der Waals surface area contributed by atoms with Crippen LogP contribution in [0.15, 0.2) is 18.2 Å². The Morgan fingerprint density at radius 3 is 2.32 bits per heavy atom. The van der Waals surface area contributed by atoms with Crippen molar-refractivity contribution < 1.29 is 14.3 Å². The van der Waals surface area contributed by atoms with Crippen LogP contribution in [0.3, 0.4) is 0 Å². The standard InChI is InChI=1S/C17H26ClNO3/c1-6-21-14-9-8-13(10-15(14)22-7-2)11-19(5)16(20)17(3,4)12-18/h8-10H,6-7,11-12H2,1-5H3. The highest BCUT2D eigenvalue weighted by Gasteiger charge is 2.29. The first-order valence-corrected chi connectivity index (χ1v) is 8.09. The number of nitrogens with zero attached hydrogens (tertiary/aromatic N) is 1. The first-order valence-electron chi connectivity index (χ1n) is 7.55. The molecule has 0 aliphatic heterocycles. The summed E-state index contributed by atoms with van der Waals surface area (Å²) in [6.07, 6.45) is 0. The number of ether oxygens (including phenoxy) is 2. The van der Waals surface area contributed by atoms with E-state index in [1.165, 1.54) is 0 Å². The highest BCUT2D eigenvalue weighted by atomic mass is 35.5. The summed E-state index contributed by atoms with van der Waals surface area (Å²) in [4.78, 5) is 14.1. The van der Waals surface area contributed by atoms with Crippen molar-refractivity contribution in [2.75, 3.05) is 26.1 Å². The summed E-state index contributed by atoms with van der Waals surface area (Å²) < 4.78 is 11.2. The van der Waals surface area contributed by atoms with E-state index >= 15 is 0 Å². The SMILES string of the molecule is CCOc1ccc(CN(C)C(=O)C(C)(C)CCl)cc1OCC. The van der Waals surface area contributed by atoms with Gasteiger partial charge in [-0.25, -0.2) is 0 Å². The van der Waals surface area contributed by atoms with E-state index in [-0.39, 0.29) is 5.91 Å². The van der Waals surface area contributed by atoms with Gasteiger partial charge in [0.15, 0.2) is 11.5 Å². The fourth-order valence-electron chi connectivity index (χ4n) is 2.11. The molecular weight excluding hydrogens is 302 g/mol. The first-order chi connectivity index (χ1) is 10.4. The Bertz CT molecular complexity index is 503. The number of hydrogen-bond acceptors (Lipinski definition) is 3. The maximum Gasteiger partial charge on any atom is 0.229 e. The molecule has 0 saturated heterocycles. The molecule has 0 saturated carbocycles. The van der Waals surface area contributed by atoms with Gasteiger partial charge in [0, 0.05) is 19.5 Å². The van der Waals surface area contributed by atoms with E-state index in [0.717, 1.165) is 11.3 Å². The zero-order valence-corrected chi connectivity index (χ0v) is 14.9. The van der Waals surface area contributed by atoms with Gasteiger partial charge in [-0.1, -0.05) is 6.07 Å². The number of hydrogen-bond donors (Lipinski definition) is 0. The van der Waals surface area contributed by atoms with E-state index in [4.69, 9.17) is 21.1 Å². The Kier molecular flexibility index (Phi) is 7.01. The second-order valence-corrected chi connectivity index (χ2v) is 6.09. The monoisotopic (exact) mass is 327 g/mol. The van der Waals surface area contributed by atoms with E-state index in [1.54, 1.807) is 11.9 Å². The van der Waals surface area contributed by atoms with Gasteiger partial charge in [-0.15, -0.1) is 11.6 Å². The number of halogens is 1. The predicted molar refractivity (Wildman–Crippen MR) is 89.8 cm³/mol. The van der Waals surface area contributed by atoms with Crippen LogP contribution in [-0.2, 0) is 11.3 Å². The zero-order chi connectivity index (χ0) is 16.8. The van der Waals surface area contributed by atoms with Crippen molar-refractivity contribution >= 4 is 17.5 Å². The topological polar surface area (TPSA) is 38.8 Å². The molecule has 0 N–H and O–H groups in total. The number of rotatable bonds is 8. The number of carbonyl (C=O) groups is 1. The molecule has 22 heavy (non-hydrogen) atoms. The number of benzene rings is 1. The minimum atomic E-state index is -0.565. The third-order valence-electron chi connectivity index (χ3n) is 3.29. The third kappa shape index (κ3) is 4.80. The summed E-state index contributed by atoms with van der Waals surface area (Å²) in [6.45, 7) is 9.22. The fraction of sp³-hybridized carbons (Fsp3) is 0.588. The van der Waals surface area contributed by atoms with E-state index in [0.29, 0.717) is 31.4 Å². The maximum absolute atomic E-state index is 12.4. The summed E-state index contributed by atoms with van der Waals surface area (Å²) in [5.74, 6) is 1.75. The fourth-order valence-corrected chi connectivity index (χ4v) is 2.23. The summed E-state index contributed by atoms with van der Waals surface area (Å²) in [5, 5.41) is 0. The van der Waals surface area contributed by atoms with Crippen LogP contribution in [0.25, 0.3) is 0 Å². The molecular formula is C17H26ClNO3. The summed E-state index contributed by atoms with van der Waals surface area (Å²) in [6, 6.07) is 5.76. The molecule has 1 aromatic carbocycles. The van der Waals surface area contributed by atoms with Gasteiger partial charge < -0.3 is 14.4 Å². The van der Waals surface area contributed by atoms with Crippen LogP contribution >= 0.6 is 11.6 Å². The lowest BCUT2D eigenvalue weighted by molar-refractivity contribution is -0.138. The Hall–Kier alpha value is -1.42. The lowest BCUT2D eigenvalue weighted by atomic mass is 9.94. The second-order valence-electron chi connectivity index (χ2n) is 5.83. The van der Waals surface area contributed by atoms with E-state index in [1.807, 2.05) is 45.9 Å². The van der Waals surface area contributed by atoms with Crippen molar-refractivity contribution in [3.05, 3.63) is 23.8 Å². The highest BCUT2D eigenvalue weighted by Crippen LogP contribution is 2.29. The van der Waals surface area contributed by atoms with Gasteiger partial charge >= 0.3 is 0 Å². The lowest BCUT2D eigenvalue weighted by Gasteiger charge is -2.27. The Morgan fingerprint density at radius 2 is 1.77 bits per heavy atom. The van der Waals surface area contributed by atoms with E-state index < -0.39 is 5.41 Å². The lowest BCUT2D eigenvalue weighted by Crippen LogP contribution is -2.39. The molecule has 0 aromatic heterocycles. The number of amides is 1. The van der Waals surface area contributed by atoms with Gasteiger partial charge in [-0.3, -0.25) is 4.79 Å². The van der Waals surface area contributed by atoms with Gasteiger partial charge in [-0.2, -0.15) is 0 Å². The molecule has 0 aliphatic carbocycles. The molecule has 0 heterocycles. The molecule has 0 atom stereocenters. The van der Waals surface area contributed by atoms with Crippen molar-refractivity contribution in [2.24, 2.45) is 5.41 Å². The Morgan fingerprint density at radius 1 is 1.18 bits per heavy atom. The number of alkyl halides is 1. The Labute approximate surface area is 138 Å². The summed E-state index contributed by atoms with van der Waals surface area (Å²) in [5.41, 5.74) is 0.428. The van der Waals surface area contributed by atoms with Crippen molar-refractivity contribution in [3.63, 3.8) is 0 Å². The van der Waals surface area contributed by atoms with Gasteiger partial charge in [0.2, 0.25) is 5.91 Å². The van der Waals surface area contributed by atoms with Crippen molar-refractivity contribution in [2.45, 2.75) is 34.2 Å². The van der Waals surface area contributed by atoms with E-state index in [2.05, 4.69) is 0 Å². The minimum Gasteiger partial charge on any atom is -0.490 e. The van der Waals surface area contributed by atoms with Crippen LogP contribution in [0, 0.1) is 5.41 Å². The van der Waals surface area contributed by atoms with Gasteiger partial charge in [0.05, 0.1) is 18.6 Å². The minimum absolute atomic E-state index is 0.0225. The second kappa shape index (κ2) is 8.28.